The van der Waals surface area contributed by atoms with Gasteiger partial charge in [0.25, 0.3) is 5.69 Å². The Morgan fingerprint density at radius 3 is 2.09 bits per heavy atom. The SMILES string of the molecule is CCC(=O)ON=C(C)c1ccc(-c2ccc([N+](=O)[O-])cc2)cc1. The first-order valence-electron chi connectivity index (χ1n) is 7.11. The first kappa shape index (κ1) is 16.4. The van der Waals surface area contributed by atoms with Crippen LogP contribution in [0.1, 0.15) is 25.8 Å². The lowest BCUT2D eigenvalue weighted by atomic mass is 10.0. The van der Waals surface area contributed by atoms with Crippen LogP contribution in [0.4, 0.5) is 5.69 Å². The Kier molecular flexibility index (Phi) is 5.19. The highest BCUT2D eigenvalue weighted by Gasteiger charge is 2.06. The molecule has 0 saturated carbocycles. The van der Waals surface area contributed by atoms with E-state index in [0.29, 0.717) is 5.71 Å². The zero-order valence-electron chi connectivity index (χ0n) is 12.9. The summed E-state index contributed by atoms with van der Waals surface area (Å²) in [7, 11) is 0. The van der Waals surface area contributed by atoms with Crippen molar-refractivity contribution >= 4 is 17.4 Å². The Morgan fingerprint density at radius 2 is 1.61 bits per heavy atom. The summed E-state index contributed by atoms with van der Waals surface area (Å²) in [6.45, 7) is 3.45. The Hall–Kier alpha value is -3.02. The van der Waals surface area contributed by atoms with Crippen molar-refractivity contribution in [2.45, 2.75) is 20.3 Å². The second kappa shape index (κ2) is 7.31. The van der Waals surface area contributed by atoms with Crippen LogP contribution in [-0.4, -0.2) is 16.6 Å². The number of benzene rings is 2. The Morgan fingerprint density at radius 1 is 1.09 bits per heavy atom. The van der Waals surface area contributed by atoms with Crippen LogP contribution in [0.3, 0.4) is 0 Å². The van der Waals surface area contributed by atoms with Crippen molar-refractivity contribution in [1.82, 2.24) is 0 Å². The van der Waals surface area contributed by atoms with Gasteiger partial charge in [0.15, 0.2) is 0 Å². The van der Waals surface area contributed by atoms with E-state index in [9.17, 15) is 14.9 Å². The van der Waals surface area contributed by atoms with Crippen LogP contribution in [-0.2, 0) is 9.63 Å². The van der Waals surface area contributed by atoms with Crippen LogP contribution in [0.25, 0.3) is 11.1 Å². The summed E-state index contributed by atoms with van der Waals surface area (Å²) in [5.41, 5.74) is 3.31. The second-order valence-corrected chi connectivity index (χ2v) is 4.87. The van der Waals surface area contributed by atoms with Gasteiger partial charge in [0.2, 0.25) is 0 Å². The molecule has 0 N–H and O–H groups in total. The predicted octanol–water partition coefficient (Wildman–Crippen LogP) is 3.94. The molecular formula is C17H16N2O4. The number of carbonyl (C=O) groups excluding carboxylic acids is 1. The maximum Gasteiger partial charge on any atom is 0.334 e. The van der Waals surface area contributed by atoms with E-state index in [0.717, 1.165) is 16.7 Å². The van der Waals surface area contributed by atoms with Crippen molar-refractivity contribution < 1.29 is 14.6 Å². The van der Waals surface area contributed by atoms with Gasteiger partial charge in [0.05, 0.1) is 10.6 Å². The quantitative estimate of drug-likeness (QED) is 0.362. The van der Waals surface area contributed by atoms with Gasteiger partial charge < -0.3 is 4.84 Å². The number of rotatable bonds is 5. The third-order valence-corrected chi connectivity index (χ3v) is 3.29. The summed E-state index contributed by atoms with van der Waals surface area (Å²) >= 11 is 0. The van der Waals surface area contributed by atoms with Crippen LogP contribution < -0.4 is 0 Å². The molecule has 0 heterocycles. The first-order valence-corrected chi connectivity index (χ1v) is 7.11. The second-order valence-electron chi connectivity index (χ2n) is 4.87. The fourth-order valence-corrected chi connectivity index (χ4v) is 1.92. The van der Waals surface area contributed by atoms with E-state index >= 15 is 0 Å². The molecule has 0 radical (unpaired) electrons. The van der Waals surface area contributed by atoms with Crippen molar-refractivity contribution in [3.63, 3.8) is 0 Å². The highest BCUT2D eigenvalue weighted by atomic mass is 16.7. The van der Waals surface area contributed by atoms with Crippen molar-refractivity contribution in [3.05, 3.63) is 64.2 Å². The molecule has 0 aromatic heterocycles. The summed E-state index contributed by atoms with van der Waals surface area (Å²) in [5, 5.41) is 14.4. The molecule has 0 amide bonds. The van der Waals surface area contributed by atoms with Crippen LogP contribution in [0.2, 0.25) is 0 Å². The lowest BCUT2D eigenvalue weighted by Crippen LogP contribution is -2.01. The summed E-state index contributed by atoms with van der Waals surface area (Å²) in [5.74, 6) is -0.383. The van der Waals surface area contributed by atoms with Crippen LogP contribution in [0.15, 0.2) is 53.7 Å². The number of carbonyl (C=O) groups is 1. The zero-order valence-corrected chi connectivity index (χ0v) is 12.9. The number of nitro benzene ring substituents is 1. The van der Waals surface area contributed by atoms with E-state index in [1.165, 1.54) is 12.1 Å². The summed E-state index contributed by atoms with van der Waals surface area (Å²) < 4.78 is 0. The highest BCUT2D eigenvalue weighted by Crippen LogP contribution is 2.22. The Bertz CT molecular complexity index is 734. The van der Waals surface area contributed by atoms with Gasteiger partial charge in [-0.15, -0.1) is 0 Å². The molecule has 0 atom stereocenters. The van der Waals surface area contributed by atoms with Gasteiger partial charge in [0, 0.05) is 18.6 Å². The third kappa shape index (κ3) is 4.23. The van der Waals surface area contributed by atoms with Gasteiger partial charge in [0.1, 0.15) is 0 Å². The molecule has 0 aliphatic carbocycles. The molecule has 0 aliphatic heterocycles. The minimum Gasteiger partial charge on any atom is -0.318 e. The largest absolute Gasteiger partial charge is 0.334 e. The molecule has 6 nitrogen and oxygen atoms in total. The van der Waals surface area contributed by atoms with Crippen molar-refractivity contribution in [1.29, 1.82) is 0 Å². The van der Waals surface area contributed by atoms with E-state index < -0.39 is 4.92 Å². The molecule has 2 aromatic carbocycles. The lowest BCUT2D eigenvalue weighted by Gasteiger charge is -2.04. The van der Waals surface area contributed by atoms with Crippen molar-refractivity contribution in [3.8, 4) is 11.1 Å². The summed E-state index contributed by atoms with van der Waals surface area (Å²) in [6.07, 6.45) is 0.274. The molecule has 0 bridgehead atoms. The van der Waals surface area contributed by atoms with Gasteiger partial charge in [-0.05, 0) is 35.7 Å². The number of oxime groups is 1. The predicted molar refractivity (Wildman–Crippen MR) is 87.1 cm³/mol. The fraction of sp³-hybridized carbons (Fsp3) is 0.176. The maximum atomic E-state index is 11.1. The third-order valence-electron chi connectivity index (χ3n) is 3.29. The van der Waals surface area contributed by atoms with Gasteiger partial charge in [-0.3, -0.25) is 10.1 Å². The number of non-ortho nitro benzene ring substituents is 1. The Labute approximate surface area is 133 Å². The van der Waals surface area contributed by atoms with Crippen LogP contribution in [0.5, 0.6) is 0 Å². The van der Waals surface area contributed by atoms with Crippen molar-refractivity contribution in [2.75, 3.05) is 0 Å². The van der Waals surface area contributed by atoms with E-state index in [1.807, 2.05) is 24.3 Å². The molecule has 0 aliphatic rings. The molecule has 6 heteroatoms. The number of hydrogen-bond donors (Lipinski definition) is 0. The molecule has 118 valence electrons. The summed E-state index contributed by atoms with van der Waals surface area (Å²) in [4.78, 5) is 26.1. The zero-order chi connectivity index (χ0) is 16.8. The standard InChI is InChI=1S/C17H16N2O4/c1-3-17(20)23-18-12(2)13-4-6-14(7-5-13)15-8-10-16(11-9-15)19(21)22/h4-11H,3H2,1-2H3. The molecule has 2 rings (SSSR count). The van der Waals surface area contributed by atoms with Gasteiger partial charge in [-0.25, -0.2) is 4.79 Å². The first-order chi connectivity index (χ1) is 11.0. The summed E-state index contributed by atoms with van der Waals surface area (Å²) in [6, 6.07) is 13.8. The molecule has 0 fully saturated rings. The lowest BCUT2D eigenvalue weighted by molar-refractivity contribution is -0.384. The van der Waals surface area contributed by atoms with E-state index in [4.69, 9.17) is 4.84 Å². The minimum atomic E-state index is -0.426. The average molecular weight is 312 g/mol. The Balaban J connectivity index is 2.15. The topological polar surface area (TPSA) is 81.8 Å². The minimum absolute atomic E-state index is 0.0612. The fourth-order valence-electron chi connectivity index (χ4n) is 1.92. The molecular weight excluding hydrogens is 296 g/mol. The van der Waals surface area contributed by atoms with Crippen molar-refractivity contribution in [2.24, 2.45) is 5.16 Å². The van der Waals surface area contributed by atoms with E-state index in [1.54, 1.807) is 26.0 Å². The molecule has 2 aromatic rings. The van der Waals surface area contributed by atoms with Crippen LogP contribution in [0, 0.1) is 10.1 Å². The van der Waals surface area contributed by atoms with Gasteiger partial charge in [-0.2, -0.15) is 0 Å². The van der Waals surface area contributed by atoms with E-state index in [2.05, 4.69) is 5.16 Å². The molecule has 0 saturated heterocycles. The van der Waals surface area contributed by atoms with Crippen LogP contribution >= 0.6 is 0 Å². The molecule has 0 unspecified atom stereocenters. The average Bonchev–Trinajstić information content (AvgIpc) is 2.59. The number of nitrogens with zero attached hydrogens (tertiary/aromatic N) is 2. The number of nitro groups is 1. The van der Waals surface area contributed by atoms with Gasteiger partial charge >= 0.3 is 5.97 Å². The van der Waals surface area contributed by atoms with E-state index in [-0.39, 0.29) is 18.1 Å². The molecule has 23 heavy (non-hydrogen) atoms. The highest BCUT2D eigenvalue weighted by molar-refractivity contribution is 5.99. The van der Waals surface area contributed by atoms with Gasteiger partial charge in [-0.1, -0.05) is 36.3 Å². The monoisotopic (exact) mass is 312 g/mol. The normalized spacial score (nSPS) is 11.1. The smallest absolute Gasteiger partial charge is 0.318 e. The molecule has 0 spiro atoms. The number of hydrogen-bond acceptors (Lipinski definition) is 5. The maximum absolute atomic E-state index is 11.1.